The number of hydrogen-bond acceptors (Lipinski definition) is 8. The Hall–Kier alpha value is -2.66. The Morgan fingerprint density at radius 2 is 1.94 bits per heavy atom. The number of nitro groups is 1. The zero-order valence-electron chi connectivity index (χ0n) is 20.0. The fourth-order valence-corrected chi connectivity index (χ4v) is 5.27. The molecule has 2 aliphatic rings. The maximum Gasteiger partial charge on any atom is 0.303 e. The quantitative estimate of drug-likeness (QED) is 0.333. The van der Waals surface area contributed by atoms with Crippen LogP contribution in [0, 0.1) is 10.1 Å². The third kappa shape index (κ3) is 5.35. The van der Waals surface area contributed by atoms with E-state index in [0.29, 0.717) is 37.9 Å². The standard InChI is InChI=1S/C23H32N4O6S/c1-16(28)33-22(2,3)21(30)25-12-10-23(11-13-25)24-18(9-14-34-4)20(29)26(23)15-17-7-5-6-8-19(17)27(31)32/h5-8,18,24H,9-15H2,1-4H3. The topological polar surface area (TPSA) is 122 Å². The van der Waals surface area contributed by atoms with E-state index in [9.17, 15) is 24.5 Å². The highest BCUT2D eigenvalue weighted by molar-refractivity contribution is 7.98. The van der Waals surface area contributed by atoms with Crippen LogP contribution in [0.5, 0.6) is 0 Å². The summed E-state index contributed by atoms with van der Waals surface area (Å²) in [6.07, 6.45) is 3.57. The summed E-state index contributed by atoms with van der Waals surface area (Å²) in [4.78, 5) is 52.3. The summed E-state index contributed by atoms with van der Waals surface area (Å²) in [6, 6.07) is 6.08. The summed E-state index contributed by atoms with van der Waals surface area (Å²) in [5, 5.41) is 15.1. The van der Waals surface area contributed by atoms with Gasteiger partial charge in [0.1, 0.15) is 0 Å². The molecule has 34 heavy (non-hydrogen) atoms. The van der Waals surface area contributed by atoms with Gasteiger partial charge in [-0.2, -0.15) is 11.8 Å². The zero-order valence-corrected chi connectivity index (χ0v) is 20.9. The normalized spacial score (nSPS) is 20.0. The lowest BCUT2D eigenvalue weighted by atomic mass is 9.93. The number of para-hydroxylation sites is 1. The van der Waals surface area contributed by atoms with E-state index >= 15 is 0 Å². The lowest BCUT2D eigenvalue weighted by molar-refractivity contribution is -0.385. The maximum absolute atomic E-state index is 13.4. The van der Waals surface area contributed by atoms with E-state index < -0.39 is 22.2 Å². The van der Waals surface area contributed by atoms with Crippen molar-refractivity contribution in [3.8, 4) is 0 Å². The van der Waals surface area contributed by atoms with Crippen molar-refractivity contribution in [2.24, 2.45) is 0 Å². The lowest BCUT2D eigenvalue weighted by Crippen LogP contribution is -2.61. The Balaban J connectivity index is 1.83. The molecule has 1 aromatic carbocycles. The number of carbonyl (C=O) groups excluding carboxylic acids is 3. The molecule has 0 aromatic heterocycles. The molecule has 1 unspecified atom stereocenters. The van der Waals surface area contributed by atoms with E-state index in [2.05, 4.69) is 5.32 Å². The smallest absolute Gasteiger partial charge is 0.303 e. The van der Waals surface area contributed by atoms with Gasteiger partial charge < -0.3 is 14.5 Å². The molecular formula is C23H32N4O6S. The number of amides is 2. The molecule has 0 radical (unpaired) electrons. The van der Waals surface area contributed by atoms with E-state index in [1.807, 2.05) is 6.26 Å². The number of rotatable bonds is 8. The number of hydrogen-bond donors (Lipinski definition) is 1. The SMILES string of the molecule is CSCCC1NC2(CCN(C(=O)C(C)(C)OC(C)=O)CC2)N(Cc2ccccc2[N+](=O)[O-])C1=O. The number of benzene rings is 1. The second-order valence-electron chi connectivity index (χ2n) is 9.22. The minimum absolute atomic E-state index is 0.0197. The third-order valence-electron chi connectivity index (χ3n) is 6.44. The van der Waals surface area contributed by atoms with Gasteiger partial charge in [0.2, 0.25) is 5.91 Å². The molecule has 1 N–H and O–H groups in total. The predicted octanol–water partition coefficient (Wildman–Crippen LogP) is 2.31. The van der Waals surface area contributed by atoms with Crippen LogP contribution in [-0.2, 0) is 25.7 Å². The number of likely N-dealkylation sites (tertiary alicyclic amines) is 1. The minimum atomic E-state index is -1.28. The van der Waals surface area contributed by atoms with Crippen LogP contribution >= 0.6 is 11.8 Å². The summed E-state index contributed by atoms with van der Waals surface area (Å²) in [7, 11) is 0. The summed E-state index contributed by atoms with van der Waals surface area (Å²) >= 11 is 1.65. The number of nitrogens with zero attached hydrogens (tertiary/aromatic N) is 3. The highest BCUT2D eigenvalue weighted by atomic mass is 32.2. The molecule has 2 amide bonds. The first-order chi connectivity index (χ1) is 16.0. The molecule has 1 spiro atoms. The Bertz CT molecular complexity index is 961. The molecule has 0 aliphatic carbocycles. The van der Waals surface area contributed by atoms with E-state index in [1.54, 1.807) is 53.6 Å². The van der Waals surface area contributed by atoms with Gasteiger partial charge in [0.25, 0.3) is 11.6 Å². The lowest BCUT2D eigenvalue weighted by Gasteiger charge is -2.45. The van der Waals surface area contributed by atoms with Crippen LogP contribution in [0.1, 0.15) is 45.6 Å². The van der Waals surface area contributed by atoms with E-state index in [1.165, 1.54) is 13.0 Å². The second kappa shape index (κ2) is 10.3. The van der Waals surface area contributed by atoms with E-state index in [4.69, 9.17) is 4.74 Å². The van der Waals surface area contributed by atoms with E-state index in [0.717, 1.165) is 5.75 Å². The predicted molar refractivity (Wildman–Crippen MR) is 128 cm³/mol. The first kappa shape index (κ1) is 26.0. The Morgan fingerprint density at radius 3 is 2.53 bits per heavy atom. The molecule has 3 rings (SSSR count). The van der Waals surface area contributed by atoms with Gasteiger partial charge in [-0.05, 0) is 32.3 Å². The van der Waals surface area contributed by atoms with Gasteiger partial charge in [-0.25, -0.2) is 0 Å². The van der Waals surface area contributed by atoms with Crippen LogP contribution in [0.15, 0.2) is 24.3 Å². The van der Waals surface area contributed by atoms with Gasteiger partial charge in [-0.15, -0.1) is 0 Å². The number of nitrogens with one attached hydrogen (secondary N) is 1. The molecule has 2 saturated heterocycles. The van der Waals surface area contributed by atoms with Crippen molar-refractivity contribution in [1.82, 2.24) is 15.1 Å². The van der Waals surface area contributed by atoms with Crippen molar-refractivity contribution in [2.75, 3.05) is 25.1 Å². The van der Waals surface area contributed by atoms with Crippen molar-refractivity contribution in [1.29, 1.82) is 0 Å². The largest absolute Gasteiger partial charge is 0.450 e. The molecule has 11 heteroatoms. The molecule has 1 aromatic rings. The summed E-state index contributed by atoms with van der Waals surface area (Å²) in [5.74, 6) is -0.0829. The van der Waals surface area contributed by atoms with Gasteiger partial charge >= 0.3 is 5.97 Å². The van der Waals surface area contributed by atoms with Crippen LogP contribution in [0.2, 0.25) is 0 Å². The van der Waals surface area contributed by atoms with Crippen molar-refractivity contribution in [2.45, 2.75) is 63.9 Å². The first-order valence-corrected chi connectivity index (χ1v) is 12.7. The molecule has 1 atom stereocenters. The van der Waals surface area contributed by atoms with Gasteiger partial charge in [0.05, 0.1) is 23.2 Å². The van der Waals surface area contributed by atoms with Gasteiger partial charge in [0.15, 0.2) is 5.60 Å². The highest BCUT2D eigenvalue weighted by Crippen LogP contribution is 2.36. The fourth-order valence-electron chi connectivity index (χ4n) is 4.79. The number of nitro benzene ring substituents is 1. The Kier molecular flexibility index (Phi) is 7.87. The highest BCUT2D eigenvalue weighted by Gasteiger charge is 2.52. The molecule has 186 valence electrons. The average Bonchev–Trinajstić information content (AvgIpc) is 3.02. The summed E-state index contributed by atoms with van der Waals surface area (Å²) in [6.45, 7) is 5.25. The molecule has 2 fully saturated rings. The maximum atomic E-state index is 13.4. The number of esters is 1. The van der Waals surface area contributed by atoms with Crippen LogP contribution < -0.4 is 5.32 Å². The Labute approximate surface area is 203 Å². The Morgan fingerprint density at radius 1 is 1.29 bits per heavy atom. The number of ether oxygens (including phenoxy) is 1. The first-order valence-electron chi connectivity index (χ1n) is 11.3. The van der Waals surface area contributed by atoms with Crippen LogP contribution in [0.4, 0.5) is 5.69 Å². The average molecular weight is 493 g/mol. The second-order valence-corrected chi connectivity index (χ2v) is 10.2. The van der Waals surface area contributed by atoms with Crippen molar-refractivity contribution < 1.29 is 24.0 Å². The van der Waals surface area contributed by atoms with Crippen molar-refractivity contribution in [3.05, 3.63) is 39.9 Å². The molecule has 2 heterocycles. The molecule has 0 saturated carbocycles. The third-order valence-corrected chi connectivity index (χ3v) is 7.09. The molecule has 2 aliphatic heterocycles. The summed E-state index contributed by atoms with van der Waals surface area (Å²) in [5.41, 5.74) is -1.53. The zero-order chi connectivity index (χ0) is 25.1. The van der Waals surface area contributed by atoms with Gasteiger partial charge in [-0.1, -0.05) is 18.2 Å². The fraction of sp³-hybridized carbons (Fsp3) is 0.609. The number of thioether (sulfide) groups is 1. The number of piperidine rings is 1. The minimum Gasteiger partial charge on any atom is -0.450 e. The van der Waals surface area contributed by atoms with Gasteiger partial charge in [0, 0.05) is 44.5 Å². The summed E-state index contributed by atoms with van der Waals surface area (Å²) < 4.78 is 5.21. The monoisotopic (exact) mass is 492 g/mol. The van der Waals surface area contributed by atoms with Crippen LogP contribution in [0.25, 0.3) is 0 Å². The molecule has 10 nitrogen and oxygen atoms in total. The van der Waals surface area contributed by atoms with Crippen molar-refractivity contribution in [3.63, 3.8) is 0 Å². The van der Waals surface area contributed by atoms with Crippen molar-refractivity contribution >= 4 is 35.2 Å². The molecular weight excluding hydrogens is 460 g/mol. The number of carbonyl (C=O) groups is 3. The van der Waals surface area contributed by atoms with Crippen LogP contribution in [-0.4, -0.2) is 74.9 Å². The van der Waals surface area contributed by atoms with Crippen LogP contribution in [0.3, 0.4) is 0 Å². The van der Waals surface area contributed by atoms with E-state index in [-0.39, 0.29) is 30.1 Å². The van der Waals surface area contributed by atoms with Gasteiger partial charge in [-0.3, -0.25) is 29.8 Å². The molecule has 0 bridgehead atoms.